The van der Waals surface area contributed by atoms with Gasteiger partial charge >= 0.3 is 0 Å². The van der Waals surface area contributed by atoms with Gasteiger partial charge in [-0.25, -0.2) is 0 Å². The maximum atomic E-state index is 11.5. The van der Waals surface area contributed by atoms with Gasteiger partial charge in [0.1, 0.15) is 5.75 Å². The second-order valence-corrected chi connectivity index (χ2v) is 4.70. The molecule has 0 saturated carbocycles. The molecule has 0 saturated heterocycles. The molecule has 0 heterocycles. The van der Waals surface area contributed by atoms with E-state index in [0.717, 1.165) is 17.7 Å². The fraction of sp³-hybridized carbons (Fsp3) is 0.533. The van der Waals surface area contributed by atoms with Gasteiger partial charge in [-0.05, 0) is 50.1 Å². The van der Waals surface area contributed by atoms with Gasteiger partial charge in [0.25, 0.3) is 0 Å². The lowest BCUT2D eigenvalue weighted by Crippen LogP contribution is -2.28. The van der Waals surface area contributed by atoms with Crippen LogP contribution in [0.15, 0.2) is 12.1 Å². The van der Waals surface area contributed by atoms with Crippen molar-refractivity contribution in [2.75, 3.05) is 27.2 Å². The molecular weight excluding hydrogens is 240 g/mol. The van der Waals surface area contributed by atoms with E-state index in [0.29, 0.717) is 19.5 Å². The van der Waals surface area contributed by atoms with Crippen LogP contribution in [-0.2, 0) is 11.2 Å². The minimum absolute atomic E-state index is 0.0947. The van der Waals surface area contributed by atoms with Gasteiger partial charge in [0.05, 0.1) is 7.11 Å². The van der Waals surface area contributed by atoms with Crippen LogP contribution in [0.5, 0.6) is 5.75 Å². The number of nitrogens with one attached hydrogen (secondary N) is 2. The maximum absolute atomic E-state index is 11.5. The van der Waals surface area contributed by atoms with Crippen LogP contribution in [0.4, 0.5) is 0 Å². The smallest absolute Gasteiger partial charge is 0.221 e. The van der Waals surface area contributed by atoms with Crippen LogP contribution in [0.1, 0.15) is 23.1 Å². The predicted octanol–water partition coefficient (Wildman–Crippen LogP) is 1.58. The zero-order valence-corrected chi connectivity index (χ0v) is 12.3. The summed E-state index contributed by atoms with van der Waals surface area (Å²) < 4.78 is 5.29. The predicted molar refractivity (Wildman–Crippen MR) is 77.7 cm³/mol. The highest BCUT2D eigenvalue weighted by molar-refractivity contribution is 5.76. The number of benzene rings is 1. The fourth-order valence-electron chi connectivity index (χ4n) is 2.00. The third kappa shape index (κ3) is 4.91. The quantitative estimate of drug-likeness (QED) is 0.786. The molecule has 0 bridgehead atoms. The van der Waals surface area contributed by atoms with Crippen LogP contribution in [0.2, 0.25) is 0 Å². The van der Waals surface area contributed by atoms with Gasteiger partial charge < -0.3 is 15.4 Å². The summed E-state index contributed by atoms with van der Waals surface area (Å²) in [5.41, 5.74) is 3.59. The van der Waals surface area contributed by atoms with E-state index >= 15 is 0 Å². The number of aryl methyl sites for hydroxylation is 2. The summed E-state index contributed by atoms with van der Waals surface area (Å²) in [6, 6.07) is 4.18. The zero-order valence-electron chi connectivity index (χ0n) is 12.3. The van der Waals surface area contributed by atoms with E-state index in [9.17, 15) is 4.79 Å². The number of hydrogen-bond acceptors (Lipinski definition) is 3. The standard InChI is InChI=1S/C15H24N2O2/c1-11-10-14(19-4)12(2)9-13(11)5-8-17-15(18)6-7-16-3/h9-10,16H,5-8H2,1-4H3,(H,17,18). The first-order chi connectivity index (χ1) is 9.08. The van der Waals surface area contributed by atoms with Gasteiger partial charge in [0.2, 0.25) is 5.91 Å². The summed E-state index contributed by atoms with van der Waals surface area (Å²) in [5, 5.41) is 5.89. The van der Waals surface area contributed by atoms with Crippen LogP contribution in [0, 0.1) is 13.8 Å². The number of methoxy groups -OCH3 is 1. The van der Waals surface area contributed by atoms with Crippen LogP contribution < -0.4 is 15.4 Å². The molecule has 1 amide bonds. The number of carbonyl (C=O) groups is 1. The molecule has 1 rings (SSSR count). The minimum atomic E-state index is 0.0947. The molecule has 106 valence electrons. The van der Waals surface area contributed by atoms with Gasteiger partial charge in [0, 0.05) is 19.5 Å². The molecule has 2 N–H and O–H groups in total. The van der Waals surface area contributed by atoms with E-state index in [4.69, 9.17) is 4.74 Å². The Morgan fingerprint density at radius 3 is 2.58 bits per heavy atom. The third-order valence-electron chi connectivity index (χ3n) is 3.17. The molecule has 0 aliphatic heterocycles. The van der Waals surface area contributed by atoms with E-state index in [2.05, 4.69) is 23.6 Å². The molecule has 0 atom stereocenters. The molecular formula is C15H24N2O2. The van der Waals surface area contributed by atoms with Gasteiger partial charge in [-0.2, -0.15) is 0 Å². The lowest BCUT2D eigenvalue weighted by atomic mass is 10.0. The molecule has 1 aromatic carbocycles. The maximum Gasteiger partial charge on any atom is 0.221 e. The average Bonchev–Trinajstić information content (AvgIpc) is 2.39. The molecule has 0 aliphatic carbocycles. The molecule has 0 aliphatic rings. The number of amides is 1. The van der Waals surface area contributed by atoms with Crippen LogP contribution >= 0.6 is 0 Å². The Hall–Kier alpha value is -1.55. The van der Waals surface area contributed by atoms with Crippen molar-refractivity contribution in [3.05, 3.63) is 28.8 Å². The van der Waals surface area contributed by atoms with Crippen molar-refractivity contribution in [1.29, 1.82) is 0 Å². The van der Waals surface area contributed by atoms with Crippen LogP contribution in [-0.4, -0.2) is 33.2 Å². The molecule has 4 heteroatoms. The van der Waals surface area contributed by atoms with Crippen molar-refractivity contribution in [1.82, 2.24) is 10.6 Å². The Morgan fingerprint density at radius 2 is 1.95 bits per heavy atom. The summed E-state index contributed by atoms with van der Waals surface area (Å²) in [6.07, 6.45) is 1.37. The van der Waals surface area contributed by atoms with E-state index in [1.54, 1.807) is 7.11 Å². The zero-order chi connectivity index (χ0) is 14.3. The first-order valence-corrected chi connectivity index (χ1v) is 6.64. The molecule has 0 unspecified atom stereocenters. The lowest BCUT2D eigenvalue weighted by molar-refractivity contribution is -0.120. The summed E-state index contributed by atoms with van der Waals surface area (Å²) in [6.45, 7) is 5.50. The van der Waals surface area contributed by atoms with E-state index in [1.807, 2.05) is 20.0 Å². The second kappa shape index (κ2) is 7.79. The summed E-state index contributed by atoms with van der Waals surface area (Å²) in [7, 11) is 3.53. The molecule has 0 spiro atoms. The van der Waals surface area contributed by atoms with Crippen molar-refractivity contribution in [3.63, 3.8) is 0 Å². The number of ether oxygens (including phenoxy) is 1. The van der Waals surface area contributed by atoms with Crippen molar-refractivity contribution in [2.45, 2.75) is 26.7 Å². The van der Waals surface area contributed by atoms with Crippen molar-refractivity contribution < 1.29 is 9.53 Å². The lowest BCUT2D eigenvalue weighted by Gasteiger charge is -2.12. The van der Waals surface area contributed by atoms with E-state index < -0.39 is 0 Å². The first-order valence-electron chi connectivity index (χ1n) is 6.64. The fourth-order valence-corrected chi connectivity index (χ4v) is 2.00. The highest BCUT2D eigenvalue weighted by Gasteiger charge is 2.05. The van der Waals surface area contributed by atoms with Crippen LogP contribution in [0.3, 0.4) is 0 Å². The van der Waals surface area contributed by atoms with Gasteiger partial charge in [0.15, 0.2) is 0 Å². The Bertz CT molecular complexity index is 430. The molecule has 0 fully saturated rings. The Kier molecular flexibility index (Phi) is 6.36. The number of carbonyl (C=O) groups excluding carboxylic acids is 1. The summed E-state index contributed by atoms with van der Waals surface area (Å²) in [5.74, 6) is 1.01. The van der Waals surface area contributed by atoms with Crippen molar-refractivity contribution >= 4 is 5.91 Å². The number of rotatable bonds is 7. The Morgan fingerprint density at radius 1 is 1.21 bits per heavy atom. The minimum Gasteiger partial charge on any atom is -0.496 e. The van der Waals surface area contributed by atoms with Crippen molar-refractivity contribution in [3.8, 4) is 5.75 Å². The Balaban J connectivity index is 2.49. The molecule has 0 aromatic heterocycles. The largest absolute Gasteiger partial charge is 0.496 e. The first kappa shape index (κ1) is 15.5. The van der Waals surface area contributed by atoms with E-state index in [1.165, 1.54) is 11.1 Å². The van der Waals surface area contributed by atoms with Gasteiger partial charge in [-0.15, -0.1) is 0 Å². The SMILES string of the molecule is CNCCC(=O)NCCc1cc(C)c(OC)cc1C. The monoisotopic (exact) mass is 264 g/mol. The average molecular weight is 264 g/mol. The van der Waals surface area contributed by atoms with Gasteiger partial charge in [-0.3, -0.25) is 4.79 Å². The summed E-state index contributed by atoms with van der Waals surface area (Å²) >= 11 is 0. The molecule has 1 aromatic rings. The highest BCUT2D eigenvalue weighted by atomic mass is 16.5. The van der Waals surface area contributed by atoms with E-state index in [-0.39, 0.29) is 5.91 Å². The second-order valence-electron chi connectivity index (χ2n) is 4.70. The number of hydrogen-bond donors (Lipinski definition) is 2. The van der Waals surface area contributed by atoms with Crippen molar-refractivity contribution in [2.24, 2.45) is 0 Å². The molecule has 0 radical (unpaired) electrons. The summed E-state index contributed by atoms with van der Waals surface area (Å²) in [4.78, 5) is 11.5. The topological polar surface area (TPSA) is 50.4 Å². The normalized spacial score (nSPS) is 10.3. The van der Waals surface area contributed by atoms with Crippen LogP contribution in [0.25, 0.3) is 0 Å². The van der Waals surface area contributed by atoms with Gasteiger partial charge in [-0.1, -0.05) is 6.07 Å². The highest BCUT2D eigenvalue weighted by Crippen LogP contribution is 2.22. The third-order valence-corrected chi connectivity index (χ3v) is 3.17. The molecule has 19 heavy (non-hydrogen) atoms. The molecule has 4 nitrogen and oxygen atoms in total. The Labute approximate surface area is 115 Å².